The Kier molecular flexibility index (Phi) is 8.09. The zero-order valence-corrected chi connectivity index (χ0v) is 18.7. The number of halogens is 1. The molecule has 1 amide bonds. The summed E-state index contributed by atoms with van der Waals surface area (Å²) in [5, 5.41) is 10.8. The van der Waals surface area contributed by atoms with E-state index in [1.165, 1.54) is 0 Å². The lowest BCUT2D eigenvalue weighted by molar-refractivity contribution is -0.127. The van der Waals surface area contributed by atoms with Gasteiger partial charge in [0, 0.05) is 39.3 Å². The van der Waals surface area contributed by atoms with Crippen molar-refractivity contribution in [3.05, 3.63) is 47.8 Å². The first-order valence-corrected chi connectivity index (χ1v) is 8.98. The van der Waals surface area contributed by atoms with Crippen LogP contribution >= 0.6 is 24.0 Å². The number of aromatic nitrogens is 2. The van der Waals surface area contributed by atoms with Crippen LogP contribution in [0.2, 0.25) is 0 Å². The van der Waals surface area contributed by atoms with Crippen LogP contribution in [0.5, 0.6) is 5.75 Å². The Hall–Kier alpha value is -2.30. The Morgan fingerprint density at radius 1 is 1.36 bits per heavy atom. The topological polar surface area (TPSA) is 83.8 Å². The van der Waals surface area contributed by atoms with E-state index >= 15 is 0 Å². The minimum absolute atomic E-state index is 0. The minimum atomic E-state index is -0.0163. The monoisotopic (exact) mass is 498 g/mol. The molecule has 1 aliphatic heterocycles. The molecule has 2 N–H and O–H groups in total. The van der Waals surface area contributed by atoms with Crippen molar-refractivity contribution in [3.8, 4) is 5.75 Å². The third-order valence-corrected chi connectivity index (χ3v) is 4.50. The fraction of sp³-hybridized carbons (Fsp3) is 0.421. The molecule has 2 heterocycles. The molecule has 1 aromatic heterocycles. The zero-order chi connectivity index (χ0) is 19.2. The highest BCUT2D eigenvalue weighted by molar-refractivity contribution is 14.0. The molecular weight excluding hydrogens is 471 g/mol. The maximum Gasteiger partial charge on any atom is 0.241 e. The molecule has 1 unspecified atom stereocenters. The van der Waals surface area contributed by atoms with Gasteiger partial charge in [-0.05, 0) is 12.1 Å². The Morgan fingerprint density at radius 2 is 2.14 bits per heavy atom. The molecule has 0 bridgehead atoms. The summed E-state index contributed by atoms with van der Waals surface area (Å²) in [7, 11) is 5.35. The summed E-state index contributed by atoms with van der Waals surface area (Å²) in [5.74, 6) is 1.46. The minimum Gasteiger partial charge on any atom is -0.493 e. The molecule has 28 heavy (non-hydrogen) atoms. The van der Waals surface area contributed by atoms with Gasteiger partial charge in [0.2, 0.25) is 5.91 Å². The van der Waals surface area contributed by atoms with E-state index in [1.54, 1.807) is 29.9 Å². The molecule has 0 saturated heterocycles. The van der Waals surface area contributed by atoms with Gasteiger partial charge in [-0.1, -0.05) is 18.2 Å². The molecule has 1 atom stereocenters. The van der Waals surface area contributed by atoms with Crippen LogP contribution in [0.1, 0.15) is 23.7 Å². The average molecular weight is 498 g/mol. The largest absolute Gasteiger partial charge is 0.493 e. The molecule has 152 valence electrons. The van der Waals surface area contributed by atoms with Crippen LogP contribution in [0.15, 0.2) is 41.5 Å². The summed E-state index contributed by atoms with van der Waals surface area (Å²) < 4.78 is 7.51. The van der Waals surface area contributed by atoms with E-state index in [0.29, 0.717) is 19.1 Å². The van der Waals surface area contributed by atoms with Gasteiger partial charge in [0.25, 0.3) is 0 Å². The molecule has 0 aliphatic carbocycles. The lowest BCUT2D eigenvalue weighted by Gasteiger charge is -2.28. The normalized spacial score (nSPS) is 15.7. The summed E-state index contributed by atoms with van der Waals surface area (Å²) in [4.78, 5) is 18.2. The van der Waals surface area contributed by atoms with Gasteiger partial charge in [0.05, 0.1) is 31.4 Å². The number of nitrogens with zero attached hydrogens (tertiary/aromatic N) is 4. The number of hydrogen-bond acceptors (Lipinski definition) is 4. The molecule has 0 fully saturated rings. The fourth-order valence-corrected chi connectivity index (χ4v) is 2.84. The van der Waals surface area contributed by atoms with Gasteiger partial charge < -0.3 is 20.3 Å². The van der Waals surface area contributed by atoms with Crippen molar-refractivity contribution < 1.29 is 9.53 Å². The van der Waals surface area contributed by atoms with Gasteiger partial charge in [-0.3, -0.25) is 9.48 Å². The standard InChI is InChI=1S/C19H26N6O2.HI/c1-24(2)18(26)13-21-19(20-12-14-8-10-22-25(14)3)23-16-9-11-27-17-7-5-4-6-15(16)17;/h4-8,10,16H,9,11-13H2,1-3H3,(H2,20,21,23);1H. The number of ether oxygens (including phenoxy) is 1. The van der Waals surface area contributed by atoms with Crippen molar-refractivity contribution in [1.82, 2.24) is 25.3 Å². The first-order valence-electron chi connectivity index (χ1n) is 8.98. The number of likely N-dealkylation sites (N-methyl/N-ethyl adjacent to an activating group) is 1. The van der Waals surface area contributed by atoms with Gasteiger partial charge >= 0.3 is 0 Å². The van der Waals surface area contributed by atoms with E-state index in [-0.39, 0.29) is 42.5 Å². The van der Waals surface area contributed by atoms with E-state index in [9.17, 15) is 4.79 Å². The molecule has 0 spiro atoms. The molecule has 1 aliphatic rings. The highest BCUT2D eigenvalue weighted by Crippen LogP contribution is 2.31. The maximum atomic E-state index is 12.0. The highest BCUT2D eigenvalue weighted by Gasteiger charge is 2.22. The maximum absolute atomic E-state index is 12.0. The van der Waals surface area contributed by atoms with Gasteiger partial charge in [-0.2, -0.15) is 5.10 Å². The van der Waals surface area contributed by atoms with E-state index in [1.807, 2.05) is 31.3 Å². The number of aliphatic imine (C=N–C) groups is 1. The van der Waals surface area contributed by atoms with Crippen LogP contribution in [0.3, 0.4) is 0 Å². The van der Waals surface area contributed by atoms with Crippen molar-refractivity contribution >= 4 is 35.8 Å². The number of para-hydroxylation sites is 1. The second-order valence-electron chi connectivity index (χ2n) is 6.62. The van der Waals surface area contributed by atoms with Crippen molar-refractivity contribution in [2.75, 3.05) is 27.2 Å². The summed E-state index contributed by atoms with van der Waals surface area (Å²) in [5.41, 5.74) is 2.08. The number of carbonyl (C=O) groups is 1. The summed E-state index contributed by atoms with van der Waals surface area (Å²) in [6.45, 7) is 1.28. The Labute approximate surface area is 182 Å². The van der Waals surface area contributed by atoms with Crippen LogP contribution in [-0.2, 0) is 18.4 Å². The molecule has 1 aromatic carbocycles. The SMILES string of the molecule is CN(C)C(=O)CNC(=NCc1ccnn1C)NC1CCOc2ccccc21.I. The van der Waals surface area contributed by atoms with Gasteiger partial charge in [0.1, 0.15) is 5.75 Å². The molecule has 2 aromatic rings. The lowest BCUT2D eigenvalue weighted by atomic mass is 10.0. The third-order valence-electron chi connectivity index (χ3n) is 4.50. The number of benzene rings is 1. The van der Waals surface area contributed by atoms with Crippen LogP contribution in [0.4, 0.5) is 0 Å². The van der Waals surface area contributed by atoms with Crippen LogP contribution in [0, 0.1) is 0 Å². The molecule has 8 nitrogen and oxygen atoms in total. The molecule has 0 radical (unpaired) electrons. The Balaban J connectivity index is 0.00000280. The van der Waals surface area contributed by atoms with Gasteiger partial charge in [-0.15, -0.1) is 24.0 Å². The molecular formula is C19H27IN6O2. The van der Waals surface area contributed by atoms with Crippen molar-refractivity contribution in [2.45, 2.75) is 19.0 Å². The van der Waals surface area contributed by atoms with Gasteiger partial charge in [-0.25, -0.2) is 4.99 Å². The second kappa shape index (κ2) is 10.3. The van der Waals surface area contributed by atoms with E-state index in [2.05, 4.69) is 26.8 Å². The number of aryl methyl sites for hydroxylation is 1. The Morgan fingerprint density at radius 3 is 2.86 bits per heavy atom. The van der Waals surface area contributed by atoms with Crippen molar-refractivity contribution in [1.29, 1.82) is 0 Å². The predicted octanol–water partition coefficient (Wildman–Crippen LogP) is 1.69. The highest BCUT2D eigenvalue weighted by atomic mass is 127. The van der Waals surface area contributed by atoms with Crippen molar-refractivity contribution in [2.24, 2.45) is 12.0 Å². The number of nitrogens with one attached hydrogen (secondary N) is 2. The van der Waals surface area contributed by atoms with Crippen LogP contribution in [-0.4, -0.2) is 53.8 Å². The summed E-state index contributed by atoms with van der Waals surface area (Å²) >= 11 is 0. The number of fused-ring (bicyclic) bond motifs is 1. The smallest absolute Gasteiger partial charge is 0.241 e. The zero-order valence-electron chi connectivity index (χ0n) is 16.4. The first-order chi connectivity index (χ1) is 13.0. The number of guanidine groups is 1. The quantitative estimate of drug-likeness (QED) is 0.373. The fourth-order valence-electron chi connectivity index (χ4n) is 2.84. The Bertz CT molecular complexity index is 820. The lowest BCUT2D eigenvalue weighted by Crippen LogP contribution is -2.45. The molecule has 9 heteroatoms. The predicted molar refractivity (Wildman–Crippen MR) is 119 cm³/mol. The average Bonchev–Trinajstić information content (AvgIpc) is 3.08. The van der Waals surface area contributed by atoms with E-state index < -0.39 is 0 Å². The first kappa shape index (κ1) is 22.0. The van der Waals surface area contributed by atoms with Crippen LogP contribution < -0.4 is 15.4 Å². The van der Waals surface area contributed by atoms with Crippen molar-refractivity contribution in [3.63, 3.8) is 0 Å². The van der Waals surface area contributed by atoms with Gasteiger partial charge in [0.15, 0.2) is 5.96 Å². The second-order valence-corrected chi connectivity index (χ2v) is 6.62. The number of amides is 1. The van der Waals surface area contributed by atoms with E-state index in [4.69, 9.17) is 4.74 Å². The van der Waals surface area contributed by atoms with E-state index in [0.717, 1.165) is 23.4 Å². The molecule has 0 saturated carbocycles. The van der Waals surface area contributed by atoms with Crippen LogP contribution in [0.25, 0.3) is 0 Å². The number of hydrogen-bond donors (Lipinski definition) is 2. The number of carbonyl (C=O) groups excluding carboxylic acids is 1. The third kappa shape index (κ3) is 5.60. The summed E-state index contributed by atoms with van der Waals surface area (Å²) in [6.07, 6.45) is 2.57. The summed E-state index contributed by atoms with van der Waals surface area (Å²) in [6, 6.07) is 9.98. The number of rotatable bonds is 5. The molecule has 3 rings (SSSR count).